The molecule has 40 valence electrons. The van der Waals surface area contributed by atoms with Crippen molar-refractivity contribution >= 4 is 25.0 Å². The molecular formula is C2H8ClNOS. The van der Waals surface area contributed by atoms with Crippen molar-refractivity contribution < 1.29 is 4.84 Å². The average Bonchev–Trinajstić information content (AvgIpc) is 1.41. The minimum Gasteiger partial charge on any atom is -0.304 e. The van der Waals surface area contributed by atoms with Gasteiger partial charge in [-0.1, -0.05) is 0 Å². The number of nitrogens with two attached hydrogens (primary N) is 1. The summed E-state index contributed by atoms with van der Waals surface area (Å²) in [6, 6.07) is 0. The summed E-state index contributed by atoms with van der Waals surface area (Å²) in [4.78, 5) is 4.11. The molecule has 0 aliphatic carbocycles. The fourth-order valence-corrected chi connectivity index (χ4v) is 0.158. The summed E-state index contributed by atoms with van der Waals surface area (Å²) >= 11 is 3.80. The largest absolute Gasteiger partial charge is 0.304 e. The van der Waals surface area contributed by atoms with E-state index >= 15 is 0 Å². The highest BCUT2D eigenvalue weighted by Gasteiger charge is 1.67. The first kappa shape index (κ1) is 9.75. The van der Waals surface area contributed by atoms with E-state index in [-0.39, 0.29) is 12.4 Å². The van der Waals surface area contributed by atoms with Crippen molar-refractivity contribution in [2.75, 3.05) is 12.4 Å². The summed E-state index contributed by atoms with van der Waals surface area (Å²) in [5, 5.41) is 0. The second-order valence-corrected chi connectivity index (χ2v) is 1.04. The first-order valence-corrected chi connectivity index (χ1v) is 1.97. The van der Waals surface area contributed by atoms with Crippen LogP contribution in [-0.4, -0.2) is 12.4 Å². The van der Waals surface area contributed by atoms with Crippen LogP contribution in [0.15, 0.2) is 0 Å². The van der Waals surface area contributed by atoms with Gasteiger partial charge < -0.3 is 4.84 Å². The SMILES string of the molecule is Cl.NOCCS. The van der Waals surface area contributed by atoms with Crippen LogP contribution in [0.5, 0.6) is 0 Å². The molecule has 0 atom stereocenters. The van der Waals surface area contributed by atoms with E-state index in [0.29, 0.717) is 12.4 Å². The molecule has 0 saturated heterocycles. The molecule has 0 unspecified atom stereocenters. The van der Waals surface area contributed by atoms with Crippen LogP contribution in [0, 0.1) is 0 Å². The molecule has 0 heterocycles. The fraction of sp³-hybridized carbons (Fsp3) is 1.00. The predicted molar refractivity (Wildman–Crippen MR) is 31.2 cm³/mol. The van der Waals surface area contributed by atoms with Crippen LogP contribution in [0.2, 0.25) is 0 Å². The van der Waals surface area contributed by atoms with Gasteiger partial charge in [-0.3, -0.25) is 0 Å². The lowest BCUT2D eigenvalue weighted by Gasteiger charge is -1.83. The lowest BCUT2D eigenvalue weighted by molar-refractivity contribution is 0.155. The molecule has 0 aromatic carbocycles. The van der Waals surface area contributed by atoms with Gasteiger partial charge in [0, 0.05) is 5.75 Å². The van der Waals surface area contributed by atoms with E-state index in [4.69, 9.17) is 0 Å². The summed E-state index contributed by atoms with van der Waals surface area (Å²) in [7, 11) is 0. The number of halogens is 1. The van der Waals surface area contributed by atoms with Crippen molar-refractivity contribution in [3.63, 3.8) is 0 Å². The second-order valence-electron chi connectivity index (χ2n) is 0.594. The Morgan fingerprint density at radius 3 is 2.17 bits per heavy atom. The lowest BCUT2D eigenvalue weighted by atomic mass is 10.9. The van der Waals surface area contributed by atoms with Gasteiger partial charge in [0.1, 0.15) is 0 Å². The van der Waals surface area contributed by atoms with Crippen LogP contribution in [-0.2, 0) is 4.84 Å². The fourth-order valence-electron chi connectivity index (χ4n) is 0.0527. The smallest absolute Gasteiger partial charge is 0.0767 e. The Bertz CT molecular complexity index is 21.0. The van der Waals surface area contributed by atoms with Crippen molar-refractivity contribution in [1.82, 2.24) is 0 Å². The number of hydrogen-bond donors (Lipinski definition) is 2. The van der Waals surface area contributed by atoms with Crippen molar-refractivity contribution in [2.45, 2.75) is 0 Å². The first-order chi connectivity index (χ1) is 2.41. The molecule has 0 fully saturated rings. The van der Waals surface area contributed by atoms with Crippen LogP contribution >= 0.6 is 25.0 Å². The summed E-state index contributed by atoms with van der Waals surface area (Å²) in [5.41, 5.74) is 0. The molecule has 0 aliphatic heterocycles. The van der Waals surface area contributed by atoms with Crippen LogP contribution in [0.25, 0.3) is 0 Å². The van der Waals surface area contributed by atoms with Crippen molar-refractivity contribution in [3.05, 3.63) is 0 Å². The van der Waals surface area contributed by atoms with Gasteiger partial charge in [-0.2, -0.15) is 12.6 Å². The normalized spacial score (nSPS) is 7.00. The Kier molecular flexibility index (Phi) is 14.8. The molecule has 0 aliphatic rings. The zero-order valence-electron chi connectivity index (χ0n) is 3.26. The zero-order chi connectivity index (χ0) is 4.12. The Morgan fingerprint density at radius 2 is 2.17 bits per heavy atom. The zero-order valence-corrected chi connectivity index (χ0v) is 4.97. The topological polar surface area (TPSA) is 35.2 Å². The Morgan fingerprint density at radius 1 is 1.67 bits per heavy atom. The van der Waals surface area contributed by atoms with Crippen molar-refractivity contribution in [2.24, 2.45) is 5.90 Å². The quantitative estimate of drug-likeness (QED) is 0.414. The number of hydrogen-bond acceptors (Lipinski definition) is 3. The average molecular weight is 130 g/mol. The Labute approximate surface area is 48.8 Å². The molecule has 0 aromatic rings. The molecule has 0 spiro atoms. The van der Waals surface area contributed by atoms with E-state index in [9.17, 15) is 0 Å². The van der Waals surface area contributed by atoms with Crippen LogP contribution in [0.3, 0.4) is 0 Å². The lowest BCUT2D eigenvalue weighted by Crippen LogP contribution is -2.00. The molecule has 0 radical (unpaired) electrons. The van der Waals surface area contributed by atoms with E-state index in [1.807, 2.05) is 0 Å². The number of thiol groups is 1. The van der Waals surface area contributed by atoms with Gasteiger partial charge >= 0.3 is 0 Å². The van der Waals surface area contributed by atoms with Crippen molar-refractivity contribution in [3.8, 4) is 0 Å². The molecule has 4 heteroatoms. The van der Waals surface area contributed by atoms with Gasteiger partial charge in [-0.05, 0) is 0 Å². The van der Waals surface area contributed by atoms with Crippen LogP contribution in [0.1, 0.15) is 0 Å². The van der Waals surface area contributed by atoms with Gasteiger partial charge in [0.25, 0.3) is 0 Å². The van der Waals surface area contributed by atoms with Crippen LogP contribution in [0.4, 0.5) is 0 Å². The minimum atomic E-state index is 0. The highest BCUT2D eigenvalue weighted by molar-refractivity contribution is 7.80. The molecule has 0 aromatic heterocycles. The molecular weight excluding hydrogens is 122 g/mol. The third-order valence-corrected chi connectivity index (χ3v) is 0.392. The first-order valence-electron chi connectivity index (χ1n) is 1.34. The molecule has 0 saturated carbocycles. The maximum Gasteiger partial charge on any atom is 0.0767 e. The van der Waals surface area contributed by atoms with Gasteiger partial charge in [0.05, 0.1) is 6.61 Å². The van der Waals surface area contributed by atoms with Gasteiger partial charge in [-0.15, -0.1) is 12.4 Å². The van der Waals surface area contributed by atoms with E-state index in [1.54, 1.807) is 0 Å². The summed E-state index contributed by atoms with van der Waals surface area (Å²) < 4.78 is 0. The van der Waals surface area contributed by atoms with Crippen molar-refractivity contribution in [1.29, 1.82) is 0 Å². The third-order valence-electron chi connectivity index (χ3n) is 0.209. The summed E-state index contributed by atoms with van der Waals surface area (Å²) in [6.45, 7) is 0.531. The van der Waals surface area contributed by atoms with E-state index in [1.165, 1.54) is 0 Å². The van der Waals surface area contributed by atoms with Gasteiger partial charge in [-0.25, -0.2) is 5.90 Å². The molecule has 0 amide bonds. The highest BCUT2D eigenvalue weighted by Crippen LogP contribution is 1.67. The van der Waals surface area contributed by atoms with E-state index < -0.39 is 0 Å². The predicted octanol–water partition coefficient (Wildman–Crippen LogP) is 0.228. The standard InChI is InChI=1S/C2H7NOS.ClH/c3-4-1-2-5;/h5H,1-3H2;1H. The van der Waals surface area contributed by atoms with E-state index in [0.717, 1.165) is 0 Å². The molecule has 0 rings (SSSR count). The maximum atomic E-state index is 4.59. The molecule has 2 nitrogen and oxygen atoms in total. The summed E-state index contributed by atoms with van der Waals surface area (Å²) in [6.07, 6.45) is 0. The van der Waals surface area contributed by atoms with E-state index in [2.05, 4.69) is 23.4 Å². The number of rotatable bonds is 2. The summed E-state index contributed by atoms with van der Waals surface area (Å²) in [5.74, 6) is 5.28. The van der Waals surface area contributed by atoms with Crippen LogP contribution < -0.4 is 5.90 Å². The minimum absolute atomic E-state index is 0. The highest BCUT2D eigenvalue weighted by atomic mass is 35.5. The second kappa shape index (κ2) is 9.12. The Hall–Kier alpha value is 0.560. The van der Waals surface area contributed by atoms with Gasteiger partial charge in [0.2, 0.25) is 0 Å². The molecule has 2 N–H and O–H groups in total. The Balaban J connectivity index is 0. The maximum absolute atomic E-state index is 4.59. The third kappa shape index (κ3) is 8.82. The molecule has 0 bridgehead atoms. The monoisotopic (exact) mass is 129 g/mol. The van der Waals surface area contributed by atoms with Gasteiger partial charge in [0.15, 0.2) is 0 Å². The molecule has 6 heavy (non-hydrogen) atoms.